The lowest BCUT2D eigenvalue weighted by Gasteiger charge is -2.34. The van der Waals surface area contributed by atoms with E-state index >= 15 is 0 Å². The Morgan fingerprint density at radius 1 is 1.33 bits per heavy atom. The summed E-state index contributed by atoms with van der Waals surface area (Å²) in [5.41, 5.74) is 7.91. The van der Waals surface area contributed by atoms with Gasteiger partial charge >= 0.3 is 0 Å². The van der Waals surface area contributed by atoms with Crippen molar-refractivity contribution in [2.45, 2.75) is 32.6 Å². The Morgan fingerprint density at radius 3 is 2.52 bits per heavy atom. The second-order valence-electron chi connectivity index (χ2n) is 6.12. The second kappa shape index (κ2) is 7.05. The average molecular weight is 290 g/mol. The molecular weight excluding hydrogens is 264 g/mol. The third kappa shape index (κ3) is 3.83. The van der Waals surface area contributed by atoms with E-state index in [0.29, 0.717) is 45.1 Å². The Balaban J connectivity index is 1.92. The van der Waals surface area contributed by atoms with E-state index in [0.717, 1.165) is 0 Å². The van der Waals surface area contributed by atoms with Crippen LogP contribution in [0.15, 0.2) is 24.3 Å². The molecule has 1 aliphatic rings. The van der Waals surface area contributed by atoms with E-state index < -0.39 is 5.41 Å². The number of rotatable bonds is 5. The van der Waals surface area contributed by atoms with E-state index in [9.17, 15) is 4.79 Å². The number of nitrogens with two attached hydrogens (primary N) is 1. The van der Waals surface area contributed by atoms with Gasteiger partial charge in [-0.3, -0.25) is 4.79 Å². The molecule has 1 saturated heterocycles. The van der Waals surface area contributed by atoms with Crippen molar-refractivity contribution >= 4 is 5.91 Å². The van der Waals surface area contributed by atoms with Gasteiger partial charge in [-0.2, -0.15) is 0 Å². The zero-order valence-corrected chi connectivity index (χ0v) is 13.0. The fraction of sp³-hybridized carbons (Fsp3) is 0.588. The van der Waals surface area contributed by atoms with Gasteiger partial charge in [0.25, 0.3) is 0 Å². The lowest BCUT2D eigenvalue weighted by atomic mass is 9.79. The van der Waals surface area contributed by atoms with E-state index in [2.05, 4.69) is 43.4 Å². The lowest BCUT2D eigenvalue weighted by Crippen LogP contribution is -2.49. The first-order valence-electron chi connectivity index (χ1n) is 7.70. The summed E-state index contributed by atoms with van der Waals surface area (Å²) in [5, 5.41) is 3.08. The molecule has 3 N–H and O–H groups in total. The third-order valence-corrected chi connectivity index (χ3v) is 4.54. The minimum absolute atomic E-state index is 0.0762. The van der Waals surface area contributed by atoms with Crippen molar-refractivity contribution in [3.05, 3.63) is 35.4 Å². The van der Waals surface area contributed by atoms with Crippen LogP contribution in [0, 0.1) is 12.3 Å². The second-order valence-corrected chi connectivity index (χ2v) is 6.12. The number of carbonyl (C=O) groups is 1. The minimum atomic E-state index is -0.439. The highest BCUT2D eigenvalue weighted by Gasteiger charge is 2.38. The van der Waals surface area contributed by atoms with Crippen molar-refractivity contribution in [1.29, 1.82) is 0 Å². The van der Waals surface area contributed by atoms with Crippen LogP contribution >= 0.6 is 0 Å². The van der Waals surface area contributed by atoms with Crippen LogP contribution in [0.3, 0.4) is 0 Å². The van der Waals surface area contributed by atoms with E-state index in [-0.39, 0.29) is 5.91 Å². The molecule has 4 heteroatoms. The van der Waals surface area contributed by atoms with Crippen molar-refractivity contribution in [1.82, 2.24) is 5.32 Å². The average Bonchev–Trinajstić information content (AvgIpc) is 2.53. The molecular formula is C17H26N2O2. The van der Waals surface area contributed by atoms with Gasteiger partial charge in [0.15, 0.2) is 0 Å². The summed E-state index contributed by atoms with van der Waals surface area (Å²) in [5.74, 6) is 0.372. The largest absolute Gasteiger partial charge is 0.381 e. The van der Waals surface area contributed by atoms with Crippen molar-refractivity contribution in [2.75, 3.05) is 26.3 Å². The van der Waals surface area contributed by atoms with Crippen LogP contribution in [0.25, 0.3) is 0 Å². The van der Waals surface area contributed by atoms with Crippen LogP contribution in [0.5, 0.6) is 0 Å². The summed E-state index contributed by atoms with van der Waals surface area (Å²) in [6.45, 7) is 6.48. The molecule has 1 unspecified atom stereocenters. The molecule has 0 aromatic heterocycles. The predicted octanol–water partition coefficient (Wildman–Crippen LogP) is 1.97. The fourth-order valence-electron chi connectivity index (χ4n) is 2.73. The number of nitrogens with one attached hydrogen (secondary N) is 1. The lowest BCUT2D eigenvalue weighted by molar-refractivity contribution is -0.135. The van der Waals surface area contributed by atoms with E-state index in [4.69, 9.17) is 10.5 Å². The summed E-state index contributed by atoms with van der Waals surface area (Å²) in [6, 6.07) is 8.46. The van der Waals surface area contributed by atoms with Gasteiger partial charge in [-0.05, 0) is 31.2 Å². The highest BCUT2D eigenvalue weighted by Crippen LogP contribution is 2.29. The molecule has 2 rings (SSSR count). The Labute approximate surface area is 127 Å². The smallest absolute Gasteiger partial charge is 0.227 e. The highest BCUT2D eigenvalue weighted by molar-refractivity contribution is 5.83. The monoisotopic (exact) mass is 290 g/mol. The number of ether oxygens (including phenoxy) is 1. The fourth-order valence-corrected chi connectivity index (χ4v) is 2.73. The molecule has 1 heterocycles. The highest BCUT2D eigenvalue weighted by atomic mass is 16.5. The molecule has 0 aliphatic carbocycles. The van der Waals surface area contributed by atoms with Crippen LogP contribution < -0.4 is 11.1 Å². The molecule has 1 aromatic carbocycles. The first kappa shape index (κ1) is 16.0. The zero-order chi connectivity index (χ0) is 15.3. The Morgan fingerprint density at radius 2 is 1.95 bits per heavy atom. The summed E-state index contributed by atoms with van der Waals surface area (Å²) in [7, 11) is 0. The van der Waals surface area contributed by atoms with Gasteiger partial charge in [-0.25, -0.2) is 0 Å². The Kier molecular flexibility index (Phi) is 5.37. The molecule has 4 nitrogen and oxygen atoms in total. The number of hydrogen-bond donors (Lipinski definition) is 2. The normalized spacial score (nSPS) is 19.0. The Hall–Kier alpha value is -1.39. The van der Waals surface area contributed by atoms with Crippen LogP contribution in [-0.4, -0.2) is 32.2 Å². The Bertz CT molecular complexity index is 464. The molecule has 1 aliphatic heterocycles. The molecule has 1 aromatic rings. The number of carbonyl (C=O) groups excluding carboxylic acids is 1. The summed E-state index contributed by atoms with van der Waals surface area (Å²) in [6.07, 6.45) is 1.43. The molecule has 0 radical (unpaired) electrons. The van der Waals surface area contributed by atoms with Crippen LogP contribution in [0.2, 0.25) is 0 Å². The van der Waals surface area contributed by atoms with Gasteiger partial charge in [0.2, 0.25) is 5.91 Å². The van der Waals surface area contributed by atoms with Gasteiger partial charge in [-0.15, -0.1) is 0 Å². The molecule has 0 bridgehead atoms. The first-order valence-corrected chi connectivity index (χ1v) is 7.70. The molecule has 21 heavy (non-hydrogen) atoms. The molecule has 1 atom stereocenters. The molecule has 0 saturated carbocycles. The number of benzene rings is 1. The van der Waals surface area contributed by atoms with Crippen LogP contribution in [0.1, 0.15) is 36.8 Å². The molecule has 116 valence electrons. The summed E-state index contributed by atoms with van der Waals surface area (Å²) < 4.78 is 5.35. The van der Waals surface area contributed by atoms with E-state index in [1.54, 1.807) is 0 Å². The van der Waals surface area contributed by atoms with Crippen LogP contribution in [0.4, 0.5) is 0 Å². The van der Waals surface area contributed by atoms with Gasteiger partial charge in [0.1, 0.15) is 0 Å². The number of aryl methyl sites for hydroxylation is 1. The molecule has 1 fully saturated rings. The van der Waals surface area contributed by atoms with Crippen molar-refractivity contribution in [3.8, 4) is 0 Å². The van der Waals surface area contributed by atoms with E-state index in [1.807, 2.05) is 0 Å². The number of hydrogen-bond acceptors (Lipinski definition) is 3. The summed E-state index contributed by atoms with van der Waals surface area (Å²) >= 11 is 0. The maximum absolute atomic E-state index is 12.5. The van der Waals surface area contributed by atoms with E-state index in [1.165, 1.54) is 11.1 Å². The molecule has 1 amide bonds. The van der Waals surface area contributed by atoms with Gasteiger partial charge in [0.05, 0.1) is 5.41 Å². The van der Waals surface area contributed by atoms with Crippen LogP contribution in [-0.2, 0) is 9.53 Å². The topological polar surface area (TPSA) is 64.4 Å². The predicted molar refractivity (Wildman–Crippen MR) is 84.1 cm³/mol. The maximum Gasteiger partial charge on any atom is 0.227 e. The zero-order valence-electron chi connectivity index (χ0n) is 13.0. The SMILES string of the molecule is Cc1ccc(C(C)CNC(=O)C2(CN)CCOCC2)cc1. The first-order chi connectivity index (χ1) is 10.1. The minimum Gasteiger partial charge on any atom is -0.381 e. The molecule has 0 spiro atoms. The third-order valence-electron chi connectivity index (χ3n) is 4.54. The van der Waals surface area contributed by atoms with Gasteiger partial charge in [0, 0.05) is 26.3 Å². The standard InChI is InChI=1S/C17H26N2O2/c1-13-3-5-15(6-4-13)14(2)11-19-16(20)17(12-18)7-9-21-10-8-17/h3-6,14H,7-12,18H2,1-2H3,(H,19,20). The van der Waals surface area contributed by atoms with Crippen molar-refractivity contribution in [3.63, 3.8) is 0 Å². The van der Waals surface area contributed by atoms with Crippen molar-refractivity contribution < 1.29 is 9.53 Å². The van der Waals surface area contributed by atoms with Gasteiger partial charge < -0.3 is 15.8 Å². The number of amides is 1. The quantitative estimate of drug-likeness (QED) is 0.871. The maximum atomic E-state index is 12.5. The van der Waals surface area contributed by atoms with Gasteiger partial charge in [-0.1, -0.05) is 36.8 Å². The summed E-state index contributed by atoms with van der Waals surface area (Å²) in [4.78, 5) is 12.5. The van der Waals surface area contributed by atoms with Crippen molar-refractivity contribution in [2.24, 2.45) is 11.1 Å².